The van der Waals surface area contributed by atoms with Gasteiger partial charge in [-0.1, -0.05) is 51.5 Å². The Labute approximate surface area is 301 Å². The summed E-state index contributed by atoms with van der Waals surface area (Å²) in [5, 5.41) is 2.98. The number of nitrogens with one attached hydrogen (secondary N) is 3. The lowest BCUT2D eigenvalue weighted by atomic mass is 10.0. The van der Waals surface area contributed by atoms with Gasteiger partial charge in [0.2, 0.25) is 11.8 Å². The second kappa shape index (κ2) is 22.6. The average Bonchev–Trinajstić information content (AvgIpc) is 3.14. The number of ether oxygens (including phenoxy) is 2. The third-order valence-electron chi connectivity index (χ3n) is 8.33. The predicted octanol–water partition coefficient (Wildman–Crippen LogP) is 5.14. The van der Waals surface area contributed by atoms with Crippen LogP contribution in [0.1, 0.15) is 87.1 Å². The van der Waals surface area contributed by atoms with E-state index in [0.717, 1.165) is 65.0 Å². The SMILES string of the molecule is CC.CCCCOC(=O)CC(NSc1c(C)cc(OC)c(C)c1C)C(=O)NC(Cc1ccc(C(=NC)NOC=O)cc1)C(=O)N1CCCCC1. The maximum atomic E-state index is 14.0. The average molecular weight is 714 g/mol. The largest absolute Gasteiger partial charge is 0.496 e. The van der Waals surface area contributed by atoms with Gasteiger partial charge in [-0.25, -0.2) is 10.2 Å². The first kappa shape index (κ1) is 42.1. The third kappa shape index (κ3) is 12.7. The number of hydrogen-bond acceptors (Lipinski definition) is 10. The van der Waals surface area contributed by atoms with Crippen molar-refractivity contribution < 1.29 is 33.5 Å². The van der Waals surface area contributed by atoms with Gasteiger partial charge in [0.25, 0.3) is 0 Å². The Balaban J connectivity index is 0.00000425. The van der Waals surface area contributed by atoms with Crippen molar-refractivity contribution in [2.45, 2.75) is 103 Å². The normalized spacial score (nSPS) is 14.0. The van der Waals surface area contributed by atoms with Gasteiger partial charge in [0.1, 0.15) is 17.8 Å². The number of benzene rings is 2. The van der Waals surface area contributed by atoms with E-state index < -0.39 is 24.0 Å². The standard InChI is InChI=1S/C35H49N5O7S.C2H6/c1-7-8-18-46-31(42)21-28(39-48-32-23(2)19-30(45-6)24(3)25(32)4)34(43)37-29(35(44)40-16-10-9-11-17-40)20-26-12-14-27(15-13-26)33(36-5)38-47-22-41;1-2/h12-15,19,22,28-29,39H,7-11,16-18,20-21H2,1-6H3,(H,36,38)(H,37,43);1-2H3. The number of carbonyl (C=O) groups is 4. The lowest BCUT2D eigenvalue weighted by molar-refractivity contribution is -0.146. The molecule has 2 unspecified atom stereocenters. The van der Waals surface area contributed by atoms with Crippen LogP contribution < -0.4 is 20.3 Å². The van der Waals surface area contributed by atoms with Crippen LogP contribution in [0.4, 0.5) is 0 Å². The van der Waals surface area contributed by atoms with Crippen LogP contribution in [0.2, 0.25) is 0 Å². The van der Waals surface area contributed by atoms with Gasteiger partial charge in [0, 0.05) is 37.0 Å². The highest BCUT2D eigenvalue weighted by molar-refractivity contribution is 7.97. The van der Waals surface area contributed by atoms with E-state index in [1.54, 1.807) is 31.2 Å². The van der Waals surface area contributed by atoms with E-state index in [1.165, 1.54) is 11.9 Å². The molecule has 3 N–H and O–H groups in total. The maximum absolute atomic E-state index is 14.0. The second-order valence-corrected chi connectivity index (χ2v) is 12.6. The number of likely N-dealkylation sites (tertiary alicyclic amines) is 1. The molecule has 2 aromatic carbocycles. The van der Waals surface area contributed by atoms with Crippen LogP contribution in [-0.2, 0) is 35.2 Å². The molecule has 0 spiro atoms. The lowest BCUT2D eigenvalue weighted by Gasteiger charge is -2.31. The zero-order chi connectivity index (χ0) is 37.1. The molecule has 2 atom stereocenters. The van der Waals surface area contributed by atoms with Crippen LogP contribution >= 0.6 is 11.9 Å². The maximum Gasteiger partial charge on any atom is 0.320 e. The first-order valence-electron chi connectivity index (χ1n) is 17.4. The van der Waals surface area contributed by atoms with Crippen LogP contribution in [-0.4, -0.2) is 80.9 Å². The first-order chi connectivity index (χ1) is 24.1. The predicted molar refractivity (Wildman–Crippen MR) is 197 cm³/mol. The molecule has 1 aliphatic heterocycles. The second-order valence-electron chi connectivity index (χ2n) is 11.8. The van der Waals surface area contributed by atoms with E-state index in [1.807, 2.05) is 59.7 Å². The minimum absolute atomic E-state index is 0.168. The first-order valence-corrected chi connectivity index (χ1v) is 18.2. The van der Waals surface area contributed by atoms with Crippen molar-refractivity contribution in [3.05, 3.63) is 58.1 Å². The Kier molecular flexibility index (Phi) is 19.0. The van der Waals surface area contributed by atoms with Crippen LogP contribution in [0.5, 0.6) is 5.75 Å². The van der Waals surface area contributed by atoms with E-state index in [4.69, 9.17) is 9.47 Å². The molecule has 0 saturated carbocycles. The molecule has 0 radical (unpaired) electrons. The number of piperidine rings is 1. The number of carbonyl (C=O) groups excluding carboxylic acids is 4. The fourth-order valence-electron chi connectivity index (χ4n) is 5.42. The van der Waals surface area contributed by atoms with Gasteiger partial charge in [-0.2, -0.15) is 0 Å². The number of hydrogen-bond donors (Lipinski definition) is 3. The van der Waals surface area contributed by atoms with Crippen molar-refractivity contribution in [3.63, 3.8) is 0 Å². The minimum atomic E-state index is -0.975. The summed E-state index contributed by atoms with van der Waals surface area (Å²) in [4.78, 5) is 62.8. The molecule has 1 saturated heterocycles. The highest BCUT2D eigenvalue weighted by Crippen LogP contribution is 2.33. The molecule has 1 heterocycles. The Morgan fingerprint density at radius 2 is 1.70 bits per heavy atom. The summed E-state index contributed by atoms with van der Waals surface area (Å²) in [6, 6.07) is 7.35. The highest BCUT2D eigenvalue weighted by atomic mass is 32.2. The number of aryl methyl sites for hydroxylation is 1. The molecular weight excluding hydrogens is 659 g/mol. The number of esters is 1. The Bertz CT molecular complexity index is 1430. The smallest absolute Gasteiger partial charge is 0.320 e. The summed E-state index contributed by atoms with van der Waals surface area (Å²) in [5.41, 5.74) is 6.90. The van der Waals surface area contributed by atoms with Crippen LogP contribution in [0.3, 0.4) is 0 Å². The van der Waals surface area contributed by atoms with Crippen molar-refractivity contribution >= 4 is 42.0 Å². The van der Waals surface area contributed by atoms with Crippen molar-refractivity contribution in [3.8, 4) is 5.75 Å². The van der Waals surface area contributed by atoms with E-state index in [-0.39, 0.29) is 31.8 Å². The number of methoxy groups -OCH3 is 1. The van der Waals surface area contributed by atoms with E-state index >= 15 is 0 Å². The fourth-order valence-corrected chi connectivity index (χ4v) is 6.40. The number of aliphatic imine (C=N–C) groups is 1. The van der Waals surface area contributed by atoms with Gasteiger partial charge in [-0.15, -0.1) is 0 Å². The molecule has 0 aliphatic carbocycles. The molecule has 13 heteroatoms. The number of unbranched alkanes of at least 4 members (excludes halogenated alkanes) is 1. The van der Waals surface area contributed by atoms with Crippen molar-refractivity contribution in [1.29, 1.82) is 0 Å². The molecule has 276 valence electrons. The van der Waals surface area contributed by atoms with Gasteiger partial charge in [-0.3, -0.25) is 24.2 Å². The number of nitrogens with zero attached hydrogens (tertiary/aromatic N) is 2. The molecule has 0 aromatic heterocycles. The quantitative estimate of drug-likeness (QED) is 0.0383. The molecular formula is C37H55N5O7S. The van der Waals surface area contributed by atoms with E-state index in [0.29, 0.717) is 24.5 Å². The third-order valence-corrected chi connectivity index (χ3v) is 9.56. The van der Waals surface area contributed by atoms with Crippen molar-refractivity contribution in [2.75, 3.05) is 33.9 Å². The Hall–Kier alpha value is -4.10. The van der Waals surface area contributed by atoms with Crippen LogP contribution in [0, 0.1) is 20.8 Å². The molecule has 12 nitrogen and oxygen atoms in total. The summed E-state index contributed by atoms with van der Waals surface area (Å²) in [7, 11) is 3.19. The molecule has 2 amide bonds. The molecule has 2 aromatic rings. The van der Waals surface area contributed by atoms with Gasteiger partial charge in [-0.05, 0) is 86.7 Å². The van der Waals surface area contributed by atoms with Gasteiger partial charge >= 0.3 is 12.4 Å². The van der Waals surface area contributed by atoms with Gasteiger partial charge < -0.3 is 24.5 Å². The Morgan fingerprint density at radius 1 is 1.02 bits per heavy atom. The zero-order valence-electron chi connectivity index (χ0n) is 30.9. The number of hydroxylamine groups is 1. The zero-order valence-corrected chi connectivity index (χ0v) is 31.7. The van der Waals surface area contributed by atoms with E-state index in [9.17, 15) is 19.2 Å². The lowest BCUT2D eigenvalue weighted by Crippen LogP contribution is -2.54. The van der Waals surface area contributed by atoms with Crippen molar-refractivity contribution in [1.82, 2.24) is 20.4 Å². The number of amides is 2. The van der Waals surface area contributed by atoms with Crippen molar-refractivity contribution in [2.24, 2.45) is 4.99 Å². The molecule has 50 heavy (non-hydrogen) atoms. The van der Waals surface area contributed by atoms with Crippen LogP contribution in [0.15, 0.2) is 40.2 Å². The molecule has 0 bridgehead atoms. The molecule has 3 rings (SSSR count). The Morgan fingerprint density at radius 3 is 2.30 bits per heavy atom. The number of amidine groups is 1. The topological polar surface area (TPSA) is 148 Å². The monoisotopic (exact) mass is 713 g/mol. The van der Waals surface area contributed by atoms with Gasteiger partial charge in [0.05, 0.1) is 20.1 Å². The summed E-state index contributed by atoms with van der Waals surface area (Å²) in [6.45, 7) is 13.7. The van der Waals surface area contributed by atoms with Crippen LogP contribution in [0.25, 0.3) is 0 Å². The fraction of sp³-hybridized carbons (Fsp3) is 0.541. The summed E-state index contributed by atoms with van der Waals surface area (Å²) < 4.78 is 14.1. The van der Waals surface area contributed by atoms with Gasteiger partial charge in [0.15, 0.2) is 5.84 Å². The molecule has 1 fully saturated rings. The summed E-state index contributed by atoms with van der Waals surface area (Å²) >= 11 is 1.27. The summed E-state index contributed by atoms with van der Waals surface area (Å²) in [6.07, 6.45) is 4.49. The molecule has 1 aliphatic rings. The summed E-state index contributed by atoms with van der Waals surface area (Å²) in [5.74, 6) is -0.000707. The minimum Gasteiger partial charge on any atom is -0.496 e. The highest BCUT2D eigenvalue weighted by Gasteiger charge is 2.31. The number of rotatable bonds is 17. The van der Waals surface area contributed by atoms with E-state index in [2.05, 4.69) is 25.3 Å².